The highest BCUT2D eigenvalue weighted by molar-refractivity contribution is 7.92. The third-order valence-electron chi connectivity index (χ3n) is 7.11. The second-order valence-electron chi connectivity index (χ2n) is 9.99. The van der Waals surface area contributed by atoms with Crippen molar-refractivity contribution in [1.29, 1.82) is 0 Å². The Bertz CT molecular complexity index is 1490. The lowest BCUT2D eigenvalue weighted by Crippen LogP contribution is -2.25. The highest BCUT2D eigenvalue weighted by atomic mass is 32.2. The van der Waals surface area contributed by atoms with Gasteiger partial charge in [0.05, 0.1) is 20.0 Å². The SMILES string of the molecule is Cc1cc(Nc2ccc(-c3cnc([C@H]4CC[C@H](Nc5ccccn5)CC4)s3)c(S(=O)(=O)C3CC3)c2)n[nH]1. The van der Waals surface area contributed by atoms with Gasteiger partial charge in [-0.05, 0) is 69.7 Å². The van der Waals surface area contributed by atoms with Gasteiger partial charge in [0, 0.05) is 47.4 Å². The molecule has 2 saturated carbocycles. The van der Waals surface area contributed by atoms with Gasteiger partial charge in [-0.25, -0.2) is 18.4 Å². The molecule has 0 atom stereocenters. The number of nitrogens with zero attached hydrogens (tertiary/aromatic N) is 3. The second kappa shape index (κ2) is 9.90. The minimum Gasteiger partial charge on any atom is -0.367 e. The van der Waals surface area contributed by atoms with Gasteiger partial charge in [-0.15, -0.1) is 11.3 Å². The number of sulfone groups is 1. The molecule has 2 fully saturated rings. The minimum atomic E-state index is -3.41. The summed E-state index contributed by atoms with van der Waals surface area (Å²) in [4.78, 5) is 10.4. The van der Waals surface area contributed by atoms with Crippen LogP contribution in [-0.4, -0.2) is 39.9 Å². The fraction of sp³-hybridized carbons (Fsp3) is 0.370. The number of hydrogen-bond donors (Lipinski definition) is 3. The number of anilines is 3. The third-order valence-corrected chi connectivity index (χ3v) is 10.6. The molecule has 2 aliphatic rings. The molecule has 192 valence electrons. The number of aromatic nitrogens is 4. The molecule has 10 heteroatoms. The zero-order valence-corrected chi connectivity index (χ0v) is 22.3. The molecule has 1 aromatic carbocycles. The van der Waals surface area contributed by atoms with E-state index >= 15 is 0 Å². The maximum absolute atomic E-state index is 13.4. The summed E-state index contributed by atoms with van der Waals surface area (Å²) < 4.78 is 26.8. The summed E-state index contributed by atoms with van der Waals surface area (Å²) in [5, 5.41) is 14.7. The van der Waals surface area contributed by atoms with Gasteiger partial charge >= 0.3 is 0 Å². The predicted octanol–water partition coefficient (Wildman–Crippen LogP) is 6.05. The van der Waals surface area contributed by atoms with E-state index in [0.29, 0.717) is 28.4 Å². The summed E-state index contributed by atoms with van der Waals surface area (Å²) in [6.45, 7) is 1.93. The van der Waals surface area contributed by atoms with Crippen LogP contribution in [0.1, 0.15) is 55.1 Å². The van der Waals surface area contributed by atoms with Gasteiger partial charge in [0.1, 0.15) is 5.82 Å². The zero-order chi connectivity index (χ0) is 25.4. The topological polar surface area (TPSA) is 113 Å². The second-order valence-corrected chi connectivity index (χ2v) is 13.2. The largest absolute Gasteiger partial charge is 0.367 e. The quantitative estimate of drug-likeness (QED) is 0.252. The summed E-state index contributed by atoms with van der Waals surface area (Å²) in [6.07, 6.45) is 9.33. The lowest BCUT2D eigenvalue weighted by atomic mass is 9.86. The summed E-state index contributed by atoms with van der Waals surface area (Å²) in [5.41, 5.74) is 2.38. The first-order valence-electron chi connectivity index (χ1n) is 12.8. The number of aromatic amines is 1. The summed E-state index contributed by atoms with van der Waals surface area (Å²) in [5.74, 6) is 1.98. The highest BCUT2D eigenvalue weighted by Gasteiger charge is 2.38. The fourth-order valence-electron chi connectivity index (χ4n) is 4.97. The summed E-state index contributed by atoms with van der Waals surface area (Å²) in [6, 6.07) is 13.8. The van der Waals surface area contributed by atoms with Gasteiger partial charge in [-0.1, -0.05) is 12.1 Å². The Morgan fingerprint density at radius 3 is 2.51 bits per heavy atom. The number of H-pyrrole nitrogens is 1. The molecular weight excluding hydrogens is 504 g/mol. The molecule has 2 aliphatic carbocycles. The monoisotopic (exact) mass is 534 g/mol. The fourth-order valence-corrected chi connectivity index (χ4v) is 8.05. The lowest BCUT2D eigenvalue weighted by molar-refractivity contribution is 0.411. The Kier molecular flexibility index (Phi) is 6.46. The number of rotatable bonds is 8. The molecule has 3 aromatic heterocycles. The zero-order valence-electron chi connectivity index (χ0n) is 20.6. The van der Waals surface area contributed by atoms with E-state index in [1.807, 2.05) is 55.7 Å². The molecule has 0 saturated heterocycles. The highest BCUT2D eigenvalue weighted by Crippen LogP contribution is 2.43. The Balaban J connectivity index is 1.21. The summed E-state index contributed by atoms with van der Waals surface area (Å²) >= 11 is 1.63. The van der Waals surface area contributed by atoms with Gasteiger partial charge in [0.2, 0.25) is 0 Å². The average molecular weight is 535 g/mol. The first-order chi connectivity index (χ1) is 18.0. The van der Waals surface area contributed by atoms with Crippen molar-refractivity contribution in [3.8, 4) is 10.4 Å². The van der Waals surface area contributed by atoms with Crippen LogP contribution in [0.2, 0.25) is 0 Å². The Morgan fingerprint density at radius 1 is 0.973 bits per heavy atom. The van der Waals surface area contributed by atoms with Gasteiger partial charge in [-0.2, -0.15) is 5.10 Å². The molecule has 0 bridgehead atoms. The smallest absolute Gasteiger partial charge is 0.181 e. The van der Waals surface area contributed by atoms with Crippen LogP contribution < -0.4 is 10.6 Å². The maximum Gasteiger partial charge on any atom is 0.181 e. The lowest BCUT2D eigenvalue weighted by Gasteiger charge is -2.28. The molecule has 0 spiro atoms. The number of benzene rings is 1. The normalized spacial score (nSPS) is 20.0. The Morgan fingerprint density at radius 2 is 1.81 bits per heavy atom. The number of aryl methyl sites for hydroxylation is 1. The van der Waals surface area contributed by atoms with Gasteiger partial charge < -0.3 is 10.6 Å². The van der Waals surface area contributed by atoms with E-state index in [-0.39, 0.29) is 5.25 Å². The number of thiazole rings is 1. The minimum absolute atomic E-state index is 0.289. The Labute approximate surface area is 220 Å². The Hall–Kier alpha value is -3.24. The molecule has 8 nitrogen and oxygen atoms in total. The van der Waals surface area contributed by atoms with Crippen molar-refractivity contribution in [2.24, 2.45) is 0 Å². The number of hydrogen-bond acceptors (Lipinski definition) is 8. The molecule has 3 heterocycles. The molecule has 3 N–H and O–H groups in total. The van der Waals surface area contributed by atoms with E-state index in [2.05, 4.69) is 25.8 Å². The van der Waals surface area contributed by atoms with Crippen LogP contribution in [0.4, 0.5) is 17.3 Å². The van der Waals surface area contributed by atoms with E-state index in [1.165, 1.54) is 0 Å². The van der Waals surface area contributed by atoms with Crippen LogP contribution in [0.15, 0.2) is 59.8 Å². The first-order valence-corrected chi connectivity index (χ1v) is 15.1. The molecule has 6 rings (SSSR count). The maximum atomic E-state index is 13.4. The van der Waals surface area contributed by atoms with E-state index in [0.717, 1.165) is 65.5 Å². The van der Waals surface area contributed by atoms with Crippen molar-refractivity contribution in [3.63, 3.8) is 0 Å². The molecule has 0 radical (unpaired) electrons. The van der Waals surface area contributed by atoms with E-state index < -0.39 is 9.84 Å². The van der Waals surface area contributed by atoms with Crippen LogP contribution in [0.25, 0.3) is 10.4 Å². The van der Waals surface area contributed by atoms with E-state index in [9.17, 15) is 8.42 Å². The molecule has 0 amide bonds. The average Bonchev–Trinajstić information content (AvgIpc) is 3.54. The standard InChI is InChI=1S/C27H30N6O2S2/c1-17-14-26(33-32-17)31-20-9-12-22(24(15-20)37(34,35)21-10-11-21)23-16-29-27(36-23)18-5-7-19(8-6-18)30-25-4-2-3-13-28-25/h2-4,9,12-16,18-19,21H,5-8,10-11H2,1H3,(H,28,30)(H2,31,32,33)/t18-,19-. The molecule has 4 aromatic rings. The van der Waals surface area contributed by atoms with E-state index in [4.69, 9.17) is 4.98 Å². The molecular formula is C27H30N6O2S2. The number of nitrogens with one attached hydrogen (secondary N) is 3. The third kappa shape index (κ3) is 5.26. The van der Waals surface area contributed by atoms with Gasteiger partial charge in [-0.3, -0.25) is 5.10 Å². The van der Waals surface area contributed by atoms with Gasteiger partial charge in [0.15, 0.2) is 15.7 Å². The van der Waals surface area contributed by atoms with Crippen LogP contribution in [-0.2, 0) is 9.84 Å². The van der Waals surface area contributed by atoms with Crippen molar-refractivity contribution in [1.82, 2.24) is 20.2 Å². The van der Waals surface area contributed by atoms with Crippen molar-refractivity contribution >= 4 is 38.5 Å². The first kappa shape index (κ1) is 24.1. The van der Waals surface area contributed by atoms with Crippen molar-refractivity contribution in [2.75, 3.05) is 10.6 Å². The molecule has 0 aliphatic heterocycles. The van der Waals surface area contributed by atoms with Crippen molar-refractivity contribution < 1.29 is 8.42 Å². The summed E-state index contributed by atoms with van der Waals surface area (Å²) in [7, 11) is -3.41. The van der Waals surface area contributed by atoms with Crippen molar-refractivity contribution in [2.45, 2.75) is 67.6 Å². The number of pyridine rings is 1. The van der Waals surface area contributed by atoms with E-state index in [1.54, 1.807) is 17.4 Å². The van der Waals surface area contributed by atoms with Crippen LogP contribution in [0.5, 0.6) is 0 Å². The predicted molar refractivity (Wildman–Crippen MR) is 147 cm³/mol. The van der Waals surface area contributed by atoms with Crippen LogP contribution in [0.3, 0.4) is 0 Å². The van der Waals surface area contributed by atoms with Crippen LogP contribution >= 0.6 is 11.3 Å². The van der Waals surface area contributed by atoms with Gasteiger partial charge in [0.25, 0.3) is 0 Å². The van der Waals surface area contributed by atoms with Crippen molar-refractivity contribution in [3.05, 3.63) is 65.6 Å². The van der Waals surface area contributed by atoms with Crippen LogP contribution in [0, 0.1) is 6.92 Å². The molecule has 0 unspecified atom stereocenters. The molecule has 37 heavy (non-hydrogen) atoms.